The molecule has 2 aliphatic rings. The van der Waals surface area contributed by atoms with Crippen LogP contribution in [0, 0.1) is 17.3 Å². The Morgan fingerprint density at radius 1 is 0.870 bits per heavy atom. The van der Waals surface area contributed by atoms with Crippen LogP contribution in [0.2, 0.25) is 0 Å². The average molecular weight is 318 g/mol. The van der Waals surface area contributed by atoms with Crippen LogP contribution in [0.5, 0.6) is 0 Å². The van der Waals surface area contributed by atoms with Crippen LogP contribution in [0.25, 0.3) is 0 Å². The summed E-state index contributed by atoms with van der Waals surface area (Å²) in [6, 6.07) is 0. The van der Waals surface area contributed by atoms with Crippen molar-refractivity contribution in [3.63, 3.8) is 0 Å². The minimum atomic E-state index is -0.139. The molecule has 128 valence electrons. The lowest BCUT2D eigenvalue weighted by atomic mass is 9.90. The van der Waals surface area contributed by atoms with Crippen molar-refractivity contribution < 1.29 is 9.59 Å². The molecule has 0 unspecified atom stereocenters. The molecule has 0 spiro atoms. The summed E-state index contributed by atoms with van der Waals surface area (Å²) in [6.45, 7) is 5.35. The number of amides is 2. The van der Waals surface area contributed by atoms with E-state index in [1.165, 1.54) is 0 Å². The minimum absolute atomic E-state index is 0.111. The maximum Gasteiger partial charge on any atom is 0.223 e. The number of hydrogen-bond acceptors (Lipinski definition) is 2. The Labute approximate surface area is 139 Å². The van der Waals surface area contributed by atoms with Gasteiger partial charge in [0.05, 0.1) is 0 Å². The van der Waals surface area contributed by atoms with Gasteiger partial charge >= 0.3 is 0 Å². The van der Waals surface area contributed by atoms with Crippen molar-refractivity contribution in [1.29, 1.82) is 0 Å². The predicted molar refractivity (Wildman–Crippen MR) is 92.8 cm³/mol. The maximum atomic E-state index is 12.2. The molecule has 4 heteroatoms. The van der Waals surface area contributed by atoms with E-state index >= 15 is 0 Å². The average Bonchev–Trinajstić information content (AvgIpc) is 2.59. The summed E-state index contributed by atoms with van der Waals surface area (Å²) in [6.07, 6.45) is 14.0. The van der Waals surface area contributed by atoms with Gasteiger partial charge in [0.15, 0.2) is 0 Å². The van der Waals surface area contributed by atoms with Crippen LogP contribution in [-0.2, 0) is 9.59 Å². The highest BCUT2D eigenvalue weighted by Gasteiger charge is 2.25. The molecule has 2 atom stereocenters. The van der Waals surface area contributed by atoms with Crippen LogP contribution in [0.4, 0.5) is 0 Å². The fraction of sp³-hybridized carbons (Fsp3) is 0.684. The number of rotatable bonds is 6. The quantitative estimate of drug-likeness (QED) is 0.740. The molecule has 0 aliphatic heterocycles. The third-order valence-electron chi connectivity index (χ3n) is 4.76. The topological polar surface area (TPSA) is 58.2 Å². The van der Waals surface area contributed by atoms with Crippen molar-refractivity contribution >= 4 is 11.8 Å². The zero-order chi connectivity index (χ0) is 16.7. The molecule has 0 fully saturated rings. The summed E-state index contributed by atoms with van der Waals surface area (Å²) in [5.74, 6) is 0.510. The van der Waals surface area contributed by atoms with Crippen molar-refractivity contribution in [2.45, 2.75) is 52.4 Å². The lowest BCUT2D eigenvalue weighted by Crippen LogP contribution is -2.44. The van der Waals surface area contributed by atoms with Gasteiger partial charge in [-0.2, -0.15) is 0 Å². The summed E-state index contributed by atoms with van der Waals surface area (Å²) in [5, 5.41) is 6.12. The largest absolute Gasteiger partial charge is 0.355 e. The molecular formula is C19H30N2O2. The van der Waals surface area contributed by atoms with E-state index in [-0.39, 0.29) is 29.1 Å². The Balaban J connectivity index is 1.70. The van der Waals surface area contributed by atoms with Gasteiger partial charge in [-0.25, -0.2) is 0 Å². The molecule has 4 nitrogen and oxygen atoms in total. The first-order valence-corrected chi connectivity index (χ1v) is 8.83. The molecule has 0 aromatic rings. The molecule has 0 radical (unpaired) electrons. The molecular weight excluding hydrogens is 288 g/mol. The third-order valence-corrected chi connectivity index (χ3v) is 4.76. The van der Waals surface area contributed by atoms with Crippen LogP contribution in [0.1, 0.15) is 52.4 Å². The second-order valence-electron chi connectivity index (χ2n) is 7.56. The molecule has 2 rings (SSSR count). The van der Waals surface area contributed by atoms with E-state index in [4.69, 9.17) is 0 Å². The molecule has 0 saturated heterocycles. The lowest BCUT2D eigenvalue weighted by Gasteiger charge is -2.28. The highest BCUT2D eigenvalue weighted by Crippen LogP contribution is 2.20. The van der Waals surface area contributed by atoms with Gasteiger partial charge in [0.1, 0.15) is 0 Å². The van der Waals surface area contributed by atoms with E-state index in [9.17, 15) is 9.59 Å². The maximum absolute atomic E-state index is 12.2. The third kappa shape index (κ3) is 5.85. The van der Waals surface area contributed by atoms with Gasteiger partial charge in [0.2, 0.25) is 11.8 Å². The highest BCUT2D eigenvalue weighted by molar-refractivity contribution is 5.79. The summed E-state index contributed by atoms with van der Waals surface area (Å²) >= 11 is 0. The van der Waals surface area contributed by atoms with E-state index in [0.717, 1.165) is 38.5 Å². The monoisotopic (exact) mass is 318 g/mol. The van der Waals surface area contributed by atoms with E-state index < -0.39 is 0 Å². The molecule has 2 N–H and O–H groups in total. The van der Waals surface area contributed by atoms with E-state index in [2.05, 4.69) is 48.8 Å². The second kappa shape index (κ2) is 8.32. The first-order chi connectivity index (χ1) is 11.0. The van der Waals surface area contributed by atoms with Crippen LogP contribution in [0.15, 0.2) is 24.3 Å². The van der Waals surface area contributed by atoms with Crippen molar-refractivity contribution in [2.24, 2.45) is 17.3 Å². The standard InChI is InChI=1S/C19H30N2O2/c1-19(2,13-20-17(22)15-9-5-3-6-10-15)14-21-18(23)16-11-7-4-8-12-16/h3-5,7,15-16H,6,8-14H2,1-2H3,(H,20,22)(H,21,23)/t15-,16+. The number of carbonyl (C=O) groups is 2. The van der Waals surface area contributed by atoms with E-state index in [0.29, 0.717) is 13.1 Å². The van der Waals surface area contributed by atoms with Crippen molar-refractivity contribution in [3.05, 3.63) is 24.3 Å². The molecule has 0 aromatic carbocycles. The van der Waals surface area contributed by atoms with Gasteiger partial charge in [-0.1, -0.05) is 38.2 Å². The van der Waals surface area contributed by atoms with Crippen LogP contribution < -0.4 is 10.6 Å². The SMILES string of the molecule is CC(C)(CNC(=O)[C@@H]1CC=CCC1)CNC(=O)[C@H]1CC=CCC1. The number of allylic oxidation sites excluding steroid dienone is 4. The van der Waals surface area contributed by atoms with Gasteiger partial charge in [-0.15, -0.1) is 0 Å². The summed E-state index contributed by atoms with van der Waals surface area (Å²) < 4.78 is 0. The van der Waals surface area contributed by atoms with Crippen LogP contribution >= 0.6 is 0 Å². The van der Waals surface area contributed by atoms with Crippen molar-refractivity contribution in [3.8, 4) is 0 Å². The van der Waals surface area contributed by atoms with Crippen LogP contribution in [-0.4, -0.2) is 24.9 Å². The first-order valence-electron chi connectivity index (χ1n) is 8.83. The molecule has 23 heavy (non-hydrogen) atoms. The Kier molecular flexibility index (Phi) is 6.43. The lowest BCUT2D eigenvalue weighted by molar-refractivity contribution is -0.125. The van der Waals surface area contributed by atoms with Crippen molar-refractivity contribution in [2.75, 3.05) is 13.1 Å². The fourth-order valence-electron chi connectivity index (χ4n) is 3.07. The summed E-state index contributed by atoms with van der Waals surface area (Å²) in [5.41, 5.74) is -0.139. The Hall–Kier alpha value is -1.58. The zero-order valence-corrected chi connectivity index (χ0v) is 14.4. The number of nitrogens with one attached hydrogen (secondary N) is 2. The molecule has 0 aromatic heterocycles. The molecule has 2 amide bonds. The van der Waals surface area contributed by atoms with Crippen LogP contribution in [0.3, 0.4) is 0 Å². The van der Waals surface area contributed by atoms with Crippen molar-refractivity contribution in [1.82, 2.24) is 10.6 Å². The highest BCUT2D eigenvalue weighted by atomic mass is 16.2. The van der Waals surface area contributed by atoms with Gasteiger partial charge in [-0.3, -0.25) is 9.59 Å². The number of carbonyl (C=O) groups excluding carboxylic acids is 2. The summed E-state index contributed by atoms with van der Waals surface area (Å²) in [7, 11) is 0. The molecule has 2 aliphatic carbocycles. The minimum Gasteiger partial charge on any atom is -0.355 e. The van der Waals surface area contributed by atoms with Gasteiger partial charge in [0.25, 0.3) is 0 Å². The van der Waals surface area contributed by atoms with E-state index in [1.807, 2.05) is 0 Å². The molecule has 0 bridgehead atoms. The normalized spacial score (nSPS) is 24.3. The van der Waals surface area contributed by atoms with E-state index in [1.54, 1.807) is 0 Å². The predicted octanol–water partition coefficient (Wildman–Crippen LogP) is 2.96. The Bertz CT molecular complexity index is 438. The first kappa shape index (κ1) is 17.8. The number of hydrogen-bond donors (Lipinski definition) is 2. The van der Waals surface area contributed by atoms with Gasteiger partial charge < -0.3 is 10.6 Å². The molecule has 0 saturated carbocycles. The van der Waals surface area contributed by atoms with Gasteiger partial charge in [0, 0.05) is 24.9 Å². The van der Waals surface area contributed by atoms with Gasteiger partial charge in [-0.05, 0) is 43.9 Å². The Morgan fingerprint density at radius 2 is 1.30 bits per heavy atom. The zero-order valence-electron chi connectivity index (χ0n) is 14.4. The Morgan fingerprint density at radius 3 is 1.65 bits per heavy atom. The second-order valence-corrected chi connectivity index (χ2v) is 7.56. The smallest absolute Gasteiger partial charge is 0.223 e. The summed E-state index contributed by atoms with van der Waals surface area (Å²) in [4.78, 5) is 24.4. The molecule has 0 heterocycles. The fourth-order valence-corrected chi connectivity index (χ4v) is 3.07.